The van der Waals surface area contributed by atoms with Crippen molar-refractivity contribution in [2.45, 2.75) is 224 Å². The maximum Gasteiger partial charge on any atom is 0.481 e. The van der Waals surface area contributed by atoms with Crippen LogP contribution in [0.4, 0.5) is 5.82 Å². The Bertz CT molecular complexity index is 1750. The Morgan fingerprint density at radius 1 is 0.768 bits per heavy atom. The molecular formula is C47H85N3O17P2. The summed E-state index contributed by atoms with van der Waals surface area (Å²) in [6.07, 6.45) is 17.5. The highest BCUT2D eigenvalue weighted by molar-refractivity contribution is 7.61. The lowest BCUT2D eigenvalue weighted by atomic mass is 10.0. The number of allylic oxidation sites excluding steroid dienone is 1. The van der Waals surface area contributed by atoms with Crippen LogP contribution in [0.2, 0.25) is 0 Å². The summed E-state index contributed by atoms with van der Waals surface area (Å²) in [7, 11) is -10.9. The maximum atomic E-state index is 12.8. The summed E-state index contributed by atoms with van der Waals surface area (Å²) in [5.41, 5.74) is 4.57. The molecule has 1 aromatic heterocycles. The average Bonchev–Trinajstić information content (AvgIpc) is 3.57. The molecule has 1 saturated heterocycles. The van der Waals surface area contributed by atoms with E-state index in [1.54, 1.807) is 0 Å². The fourth-order valence-corrected chi connectivity index (χ4v) is 9.75. The summed E-state index contributed by atoms with van der Waals surface area (Å²) in [6, 6.07) is 1.24. The number of phosphoric acid groups is 2. The molecule has 0 amide bonds. The molecule has 0 spiro atoms. The van der Waals surface area contributed by atoms with E-state index in [4.69, 9.17) is 29.0 Å². The minimum atomic E-state index is -5.45. The van der Waals surface area contributed by atoms with Gasteiger partial charge < -0.3 is 50.2 Å². The summed E-state index contributed by atoms with van der Waals surface area (Å²) < 4.78 is 56.6. The van der Waals surface area contributed by atoms with Gasteiger partial charge in [0, 0.05) is 19.0 Å². The van der Waals surface area contributed by atoms with Crippen LogP contribution in [0.3, 0.4) is 0 Å². The minimum Gasteiger partial charge on any atom is -0.462 e. The van der Waals surface area contributed by atoms with Gasteiger partial charge >= 0.3 is 33.3 Å². The molecule has 20 nitrogen and oxygen atoms in total. The SMILES string of the molecule is CCCCC/C=C\C[C@@H](O)[C@H](O)CCCCCCCC(=O)OC[C@H](COP(=O)(O)OP(=O)(O)OC[C@H]1O[C@@H](n2ccc(N)nc2=O)[C@H](O)[C@@H]1O)OC(=O)CCCCCCCCCCCCCC(C)C. The van der Waals surface area contributed by atoms with E-state index >= 15 is 0 Å². The van der Waals surface area contributed by atoms with Crippen molar-refractivity contribution < 1.29 is 76.5 Å². The first-order chi connectivity index (χ1) is 32.8. The average molecular weight is 1030 g/mol. The molecule has 1 aromatic rings. The predicted octanol–water partition coefficient (Wildman–Crippen LogP) is 7.86. The fraction of sp³-hybridized carbons (Fsp3) is 0.830. The Morgan fingerprint density at radius 2 is 1.33 bits per heavy atom. The molecule has 400 valence electrons. The molecule has 1 aliphatic heterocycles. The zero-order chi connectivity index (χ0) is 51.1. The summed E-state index contributed by atoms with van der Waals surface area (Å²) in [5, 5.41) is 41.4. The Balaban J connectivity index is 1.83. The first-order valence-corrected chi connectivity index (χ1v) is 28.2. The second-order valence-electron chi connectivity index (χ2n) is 18.5. The number of aliphatic hydroxyl groups is 4. The monoisotopic (exact) mass is 1030 g/mol. The molecule has 0 bridgehead atoms. The third-order valence-corrected chi connectivity index (χ3v) is 14.3. The number of aliphatic hydroxyl groups excluding tert-OH is 4. The van der Waals surface area contributed by atoms with E-state index in [9.17, 15) is 53.7 Å². The van der Waals surface area contributed by atoms with Crippen LogP contribution in [0.25, 0.3) is 0 Å². The minimum absolute atomic E-state index is 0.0219. The number of nitrogens with zero attached hydrogens (tertiary/aromatic N) is 2. The highest BCUT2D eigenvalue weighted by atomic mass is 31.3. The molecule has 9 atom stereocenters. The van der Waals surface area contributed by atoms with Crippen LogP contribution in [0, 0.1) is 5.92 Å². The molecular weight excluding hydrogens is 940 g/mol. The van der Waals surface area contributed by atoms with Crippen molar-refractivity contribution in [1.82, 2.24) is 9.55 Å². The van der Waals surface area contributed by atoms with Crippen LogP contribution < -0.4 is 11.4 Å². The molecule has 2 heterocycles. The number of carbonyl (C=O) groups excluding carboxylic acids is 2. The molecule has 69 heavy (non-hydrogen) atoms. The number of nitrogens with two attached hydrogens (primary N) is 1. The zero-order valence-corrected chi connectivity index (χ0v) is 43.1. The lowest BCUT2D eigenvalue weighted by molar-refractivity contribution is -0.161. The van der Waals surface area contributed by atoms with Crippen molar-refractivity contribution in [1.29, 1.82) is 0 Å². The van der Waals surface area contributed by atoms with Crippen LogP contribution >= 0.6 is 15.6 Å². The molecule has 1 aliphatic rings. The normalized spacial score (nSPS) is 20.4. The van der Waals surface area contributed by atoms with E-state index in [1.807, 2.05) is 12.2 Å². The van der Waals surface area contributed by atoms with E-state index in [-0.39, 0.29) is 18.7 Å². The standard InChI is InChI=1S/C47H85N3O17P2/c1-4-5-6-7-17-22-27-38(51)39(52)28-23-18-15-20-24-29-42(53)62-33-37(65-43(54)30-25-19-14-12-10-8-9-11-13-16-21-26-36(2)3)34-63-68(58,59)67-69(60,61)64-35-40-44(55)45(56)46(66-40)50-32-31-41(48)49-47(50)57/h17,22,31-32,36-40,44-46,51-52,55-56H,4-16,18-21,23-30,33-35H2,1-3H3,(H,58,59)(H,60,61)(H2,48,49,57)/b22-17-/t37-,38-,39-,40-,44-,45-,46-/m1/s1. The number of rotatable bonds is 41. The summed E-state index contributed by atoms with van der Waals surface area (Å²) in [6.45, 7) is 4.24. The van der Waals surface area contributed by atoms with Gasteiger partial charge in [-0.1, -0.05) is 142 Å². The van der Waals surface area contributed by atoms with Crippen LogP contribution in [0.15, 0.2) is 29.2 Å². The Hall–Kier alpha value is -2.58. The molecule has 0 aromatic carbocycles. The Kier molecular flexibility index (Phi) is 32.2. The lowest BCUT2D eigenvalue weighted by Crippen LogP contribution is -2.36. The zero-order valence-electron chi connectivity index (χ0n) is 41.3. The van der Waals surface area contributed by atoms with Gasteiger partial charge in [-0.25, -0.2) is 13.9 Å². The van der Waals surface area contributed by atoms with Crippen LogP contribution in [-0.2, 0) is 46.3 Å². The van der Waals surface area contributed by atoms with E-state index in [0.717, 1.165) is 80.9 Å². The third kappa shape index (κ3) is 28.9. The van der Waals surface area contributed by atoms with Crippen LogP contribution in [-0.4, -0.2) is 108 Å². The lowest BCUT2D eigenvalue weighted by Gasteiger charge is -2.21. The molecule has 0 radical (unpaired) electrons. The van der Waals surface area contributed by atoms with E-state index in [2.05, 4.69) is 30.1 Å². The summed E-state index contributed by atoms with van der Waals surface area (Å²) in [5.74, 6) is -0.658. The molecule has 2 rings (SSSR count). The van der Waals surface area contributed by atoms with Gasteiger partial charge in [0.1, 0.15) is 30.7 Å². The van der Waals surface area contributed by atoms with Crippen LogP contribution in [0.1, 0.15) is 188 Å². The number of esters is 2. The highest BCUT2D eigenvalue weighted by Gasteiger charge is 2.46. The van der Waals surface area contributed by atoms with E-state index in [1.165, 1.54) is 51.0 Å². The number of ether oxygens (including phenoxy) is 3. The van der Waals surface area contributed by atoms with E-state index < -0.39 is 95.9 Å². The number of carbonyl (C=O) groups is 2. The van der Waals surface area contributed by atoms with Gasteiger partial charge in [0.25, 0.3) is 0 Å². The van der Waals surface area contributed by atoms with Gasteiger partial charge in [-0.05, 0) is 50.5 Å². The first-order valence-electron chi connectivity index (χ1n) is 25.2. The van der Waals surface area contributed by atoms with E-state index in [0.29, 0.717) is 38.5 Å². The van der Waals surface area contributed by atoms with Crippen molar-refractivity contribution in [2.24, 2.45) is 5.92 Å². The molecule has 0 aliphatic carbocycles. The largest absolute Gasteiger partial charge is 0.481 e. The van der Waals surface area contributed by atoms with Crippen molar-refractivity contribution in [2.75, 3.05) is 25.6 Å². The topological polar surface area (TPSA) is 306 Å². The maximum absolute atomic E-state index is 12.8. The number of hydrogen-bond donors (Lipinski definition) is 7. The number of anilines is 1. The summed E-state index contributed by atoms with van der Waals surface area (Å²) in [4.78, 5) is 61.9. The smallest absolute Gasteiger partial charge is 0.462 e. The number of aromatic nitrogens is 2. The third-order valence-electron chi connectivity index (χ3n) is 11.7. The van der Waals surface area contributed by atoms with Crippen molar-refractivity contribution in [3.05, 3.63) is 34.9 Å². The molecule has 8 N–H and O–H groups in total. The van der Waals surface area contributed by atoms with Crippen LogP contribution in [0.5, 0.6) is 0 Å². The van der Waals surface area contributed by atoms with Gasteiger partial charge in [-0.3, -0.25) is 23.2 Å². The van der Waals surface area contributed by atoms with Gasteiger partial charge in [0.2, 0.25) is 0 Å². The summed E-state index contributed by atoms with van der Waals surface area (Å²) >= 11 is 0. The second kappa shape index (κ2) is 35.5. The van der Waals surface area contributed by atoms with Crippen molar-refractivity contribution in [3.63, 3.8) is 0 Å². The van der Waals surface area contributed by atoms with Gasteiger partial charge in [0.15, 0.2) is 12.3 Å². The molecule has 0 saturated carbocycles. The Labute approximate surface area is 408 Å². The quantitative estimate of drug-likeness (QED) is 0.0142. The second-order valence-corrected chi connectivity index (χ2v) is 21.5. The van der Waals surface area contributed by atoms with Crippen molar-refractivity contribution in [3.8, 4) is 0 Å². The number of unbranched alkanes of at least 4 members (excludes halogenated alkanes) is 17. The molecule has 22 heteroatoms. The number of nitrogen functional groups attached to an aromatic ring is 1. The Morgan fingerprint density at radius 3 is 1.93 bits per heavy atom. The predicted molar refractivity (Wildman–Crippen MR) is 259 cm³/mol. The molecule has 1 fully saturated rings. The van der Waals surface area contributed by atoms with Crippen molar-refractivity contribution >= 4 is 33.4 Å². The number of hydrogen-bond acceptors (Lipinski definition) is 17. The molecule has 2 unspecified atom stereocenters. The highest BCUT2D eigenvalue weighted by Crippen LogP contribution is 2.60. The van der Waals surface area contributed by atoms with Gasteiger partial charge in [0.05, 0.1) is 25.4 Å². The fourth-order valence-electron chi connectivity index (χ4n) is 7.64. The first kappa shape index (κ1) is 62.5. The van der Waals surface area contributed by atoms with Gasteiger partial charge in [-0.15, -0.1) is 0 Å². The number of phosphoric ester groups is 2. The van der Waals surface area contributed by atoms with Gasteiger partial charge in [-0.2, -0.15) is 9.29 Å².